The van der Waals surface area contributed by atoms with E-state index < -0.39 is 0 Å². The van der Waals surface area contributed by atoms with Gasteiger partial charge in [0.25, 0.3) is 0 Å². The minimum atomic E-state index is 0.168. The molecule has 1 saturated carbocycles. The number of rotatable bonds is 2. The van der Waals surface area contributed by atoms with Crippen LogP contribution in [0.15, 0.2) is 71.6 Å². The highest BCUT2D eigenvalue weighted by molar-refractivity contribution is 5.84. The second-order valence-electron chi connectivity index (χ2n) is 8.51. The maximum absolute atomic E-state index is 9.27. The van der Waals surface area contributed by atoms with Crippen LogP contribution in [0.5, 0.6) is 0 Å². The van der Waals surface area contributed by atoms with Gasteiger partial charge in [-0.25, -0.2) is 0 Å². The van der Waals surface area contributed by atoms with Crippen LogP contribution in [0.3, 0.4) is 0 Å². The smallest absolute Gasteiger partial charge is 0.0991 e. The third-order valence-electron chi connectivity index (χ3n) is 6.77. The normalized spacial score (nSPS) is 20.0. The first-order chi connectivity index (χ1) is 14.1. The second kappa shape index (κ2) is 6.67. The van der Waals surface area contributed by atoms with E-state index in [1.807, 2.05) is 18.2 Å². The highest BCUT2D eigenvalue weighted by Crippen LogP contribution is 2.60. The molecule has 2 aromatic carbocycles. The van der Waals surface area contributed by atoms with Crippen molar-refractivity contribution in [3.8, 4) is 17.2 Å². The lowest BCUT2D eigenvalue weighted by Gasteiger charge is -2.27. The van der Waals surface area contributed by atoms with Crippen LogP contribution < -0.4 is 10.9 Å². The van der Waals surface area contributed by atoms with Crippen molar-refractivity contribution >= 4 is 5.57 Å². The zero-order valence-corrected chi connectivity index (χ0v) is 17.0. The first kappa shape index (κ1) is 17.8. The highest BCUT2D eigenvalue weighted by atomic mass is 15.3. The summed E-state index contributed by atoms with van der Waals surface area (Å²) in [6, 6.07) is 17.1. The summed E-state index contributed by atoms with van der Waals surface area (Å²) in [6.07, 6.45) is 8.61. The second-order valence-corrected chi connectivity index (χ2v) is 8.51. The molecule has 0 aromatic heterocycles. The van der Waals surface area contributed by atoms with Gasteiger partial charge >= 0.3 is 0 Å². The molecule has 3 nitrogen and oxygen atoms in total. The van der Waals surface area contributed by atoms with Crippen LogP contribution in [-0.2, 0) is 6.42 Å². The molecule has 0 amide bonds. The molecule has 2 aromatic rings. The molecule has 144 valence electrons. The van der Waals surface area contributed by atoms with E-state index in [1.54, 1.807) is 5.57 Å². The molecule has 0 bridgehead atoms. The zero-order chi connectivity index (χ0) is 20.0. The van der Waals surface area contributed by atoms with Crippen molar-refractivity contribution in [2.45, 2.75) is 39.5 Å². The van der Waals surface area contributed by atoms with E-state index in [1.165, 1.54) is 33.4 Å². The molecule has 0 unspecified atom stereocenters. The van der Waals surface area contributed by atoms with E-state index in [9.17, 15) is 5.26 Å². The van der Waals surface area contributed by atoms with E-state index >= 15 is 0 Å². The predicted octanol–water partition coefficient (Wildman–Crippen LogP) is 5.62. The molecule has 3 heteroatoms. The molecule has 0 radical (unpaired) electrons. The van der Waals surface area contributed by atoms with Crippen molar-refractivity contribution < 1.29 is 0 Å². The van der Waals surface area contributed by atoms with Gasteiger partial charge in [0.15, 0.2) is 0 Å². The number of hydrazine groups is 1. The SMILES string of the molecule is CC/C(C)=C1\c2cc(-c3cccc(C#N)c3)ccc2CC12CC1=CNNC=C1C2. The molecule has 1 heterocycles. The summed E-state index contributed by atoms with van der Waals surface area (Å²) in [7, 11) is 0. The minimum Gasteiger partial charge on any atom is -0.308 e. The molecule has 3 aliphatic rings. The molecule has 2 N–H and O–H groups in total. The lowest BCUT2D eigenvalue weighted by atomic mass is 9.76. The van der Waals surface area contributed by atoms with Crippen molar-refractivity contribution in [2.24, 2.45) is 5.41 Å². The Morgan fingerprint density at radius 3 is 2.41 bits per heavy atom. The molecular weight excluding hydrogens is 354 g/mol. The van der Waals surface area contributed by atoms with Gasteiger partial charge in [-0.3, -0.25) is 0 Å². The fourth-order valence-corrected chi connectivity index (χ4v) is 5.37. The summed E-state index contributed by atoms with van der Waals surface area (Å²) >= 11 is 0. The largest absolute Gasteiger partial charge is 0.308 e. The van der Waals surface area contributed by atoms with Crippen LogP contribution in [0.1, 0.15) is 49.8 Å². The summed E-state index contributed by atoms with van der Waals surface area (Å²) < 4.78 is 0. The third kappa shape index (κ3) is 2.79. The molecule has 29 heavy (non-hydrogen) atoms. The fraction of sp³-hybridized carbons (Fsp3) is 0.269. The summed E-state index contributed by atoms with van der Waals surface area (Å²) in [4.78, 5) is 0. The maximum Gasteiger partial charge on any atom is 0.0991 e. The van der Waals surface area contributed by atoms with Crippen molar-refractivity contribution in [3.63, 3.8) is 0 Å². The van der Waals surface area contributed by atoms with E-state index in [-0.39, 0.29) is 5.41 Å². The lowest BCUT2D eigenvalue weighted by Crippen LogP contribution is -2.24. The minimum absolute atomic E-state index is 0.168. The topological polar surface area (TPSA) is 47.9 Å². The van der Waals surface area contributed by atoms with Crippen molar-refractivity contribution in [1.29, 1.82) is 5.26 Å². The monoisotopic (exact) mass is 379 g/mol. The number of benzene rings is 2. The average Bonchev–Trinajstić information content (AvgIpc) is 3.28. The Labute approximate surface area is 172 Å². The van der Waals surface area contributed by atoms with Gasteiger partial charge < -0.3 is 10.9 Å². The Hall–Kier alpha value is -3.25. The van der Waals surface area contributed by atoms with Crippen LogP contribution in [0.25, 0.3) is 16.7 Å². The van der Waals surface area contributed by atoms with Crippen LogP contribution in [0.2, 0.25) is 0 Å². The Balaban J connectivity index is 1.63. The van der Waals surface area contributed by atoms with Gasteiger partial charge in [-0.1, -0.05) is 36.8 Å². The summed E-state index contributed by atoms with van der Waals surface area (Å²) in [6.45, 7) is 4.56. The number of allylic oxidation sites excluding steroid dienone is 4. The van der Waals surface area contributed by atoms with Crippen molar-refractivity contribution in [2.75, 3.05) is 0 Å². The molecule has 2 aliphatic carbocycles. The Kier molecular flexibility index (Phi) is 4.10. The Morgan fingerprint density at radius 2 is 1.72 bits per heavy atom. The average molecular weight is 380 g/mol. The molecule has 0 saturated heterocycles. The van der Waals surface area contributed by atoms with Gasteiger partial charge in [0.1, 0.15) is 0 Å². The fourth-order valence-electron chi connectivity index (χ4n) is 5.37. The van der Waals surface area contributed by atoms with E-state index in [2.05, 4.69) is 67.4 Å². The maximum atomic E-state index is 9.27. The van der Waals surface area contributed by atoms with Gasteiger partial charge in [0.05, 0.1) is 11.6 Å². The summed E-state index contributed by atoms with van der Waals surface area (Å²) in [5, 5.41) is 9.27. The van der Waals surface area contributed by atoms with Gasteiger partial charge in [0, 0.05) is 17.8 Å². The van der Waals surface area contributed by atoms with E-state index in [4.69, 9.17) is 0 Å². The highest BCUT2D eigenvalue weighted by Gasteiger charge is 2.48. The van der Waals surface area contributed by atoms with Gasteiger partial charge in [-0.05, 0) is 89.8 Å². The van der Waals surface area contributed by atoms with E-state index in [0.29, 0.717) is 5.56 Å². The number of nitriles is 1. The zero-order valence-electron chi connectivity index (χ0n) is 17.0. The third-order valence-corrected chi connectivity index (χ3v) is 6.77. The molecule has 1 spiro atoms. The Bertz CT molecular complexity index is 1120. The first-order valence-electron chi connectivity index (χ1n) is 10.4. The first-order valence-corrected chi connectivity index (χ1v) is 10.4. The van der Waals surface area contributed by atoms with Crippen LogP contribution in [0, 0.1) is 16.7 Å². The molecule has 5 rings (SSSR count). The molecule has 0 atom stereocenters. The molecule has 1 aliphatic heterocycles. The number of hydrogen-bond acceptors (Lipinski definition) is 3. The van der Waals surface area contributed by atoms with Gasteiger partial charge in [0.2, 0.25) is 0 Å². The summed E-state index contributed by atoms with van der Waals surface area (Å²) in [5.74, 6) is 0. The number of fused-ring (bicyclic) bond motifs is 2. The molecular formula is C26H25N3. The van der Waals surface area contributed by atoms with Crippen molar-refractivity contribution in [1.82, 2.24) is 10.9 Å². The van der Waals surface area contributed by atoms with Crippen molar-refractivity contribution in [3.05, 3.63) is 88.3 Å². The van der Waals surface area contributed by atoms with Gasteiger partial charge in [-0.15, -0.1) is 0 Å². The lowest BCUT2D eigenvalue weighted by molar-refractivity contribution is 0.447. The molecule has 1 fully saturated rings. The van der Waals surface area contributed by atoms with E-state index in [0.717, 1.165) is 31.2 Å². The van der Waals surface area contributed by atoms with Crippen LogP contribution in [0.4, 0.5) is 0 Å². The quantitative estimate of drug-likeness (QED) is 0.712. The summed E-state index contributed by atoms with van der Waals surface area (Å²) in [5.41, 5.74) is 18.2. The number of hydrogen-bond donors (Lipinski definition) is 2. The predicted molar refractivity (Wildman–Crippen MR) is 117 cm³/mol. The van der Waals surface area contributed by atoms with Crippen LogP contribution in [-0.4, -0.2) is 0 Å². The Morgan fingerprint density at radius 1 is 1.00 bits per heavy atom. The van der Waals surface area contributed by atoms with Gasteiger partial charge in [-0.2, -0.15) is 5.26 Å². The standard InChI is InChI=1S/C26H25N3/c1-3-17(2)25-24-10-20(19-6-4-5-18(9-19)14-27)7-8-21(24)11-26(25)12-22-15-28-29-16-23(22)13-26/h4-10,15-16,28-29H,3,11-13H2,1-2H3/b25-17+. The van der Waals surface area contributed by atoms with Crippen LogP contribution >= 0.6 is 0 Å². The number of nitrogens with zero attached hydrogens (tertiary/aromatic N) is 1. The number of nitrogens with one attached hydrogen (secondary N) is 2.